The number of aliphatic carboxylic acids is 1. The molecule has 0 aliphatic carbocycles. The molecular weight excluding hydrogens is 473 g/mol. The number of rotatable bonds is 5. The molecule has 2 aliphatic heterocycles. The summed E-state index contributed by atoms with van der Waals surface area (Å²) in [6.45, 7) is 6.60. The fourth-order valence-corrected chi connectivity index (χ4v) is 5.79. The Labute approximate surface area is 215 Å². The number of hydrogen-bond acceptors (Lipinski definition) is 4. The van der Waals surface area contributed by atoms with E-state index in [9.17, 15) is 14.7 Å². The number of carboxylic acid groups (broad SMARTS) is 1. The van der Waals surface area contributed by atoms with Crippen molar-refractivity contribution >= 4 is 17.6 Å². The molecule has 5 rings (SSSR count). The number of hydrogen-bond donors (Lipinski definition) is 1. The van der Waals surface area contributed by atoms with Gasteiger partial charge < -0.3 is 19.5 Å². The standard InChI is InChI=1S/C30H30FNO5/c1-16-7-5-8-21(28(16)36-4)30(35)32-11-10-20-25(32)13-17(2)22(15-26(33)34)27(20)23-14-24(31)29-19(18(23)3)9-6-12-37-29/h5,7-8,13-14H,6,9-12,15H2,1-4H3,(H,33,34). The van der Waals surface area contributed by atoms with E-state index >= 15 is 4.39 Å². The highest BCUT2D eigenvalue weighted by Gasteiger charge is 2.33. The van der Waals surface area contributed by atoms with E-state index in [0.29, 0.717) is 59.7 Å². The van der Waals surface area contributed by atoms with Crippen molar-refractivity contribution < 1.29 is 28.6 Å². The molecule has 0 saturated carbocycles. The van der Waals surface area contributed by atoms with E-state index in [1.54, 1.807) is 18.1 Å². The van der Waals surface area contributed by atoms with Crippen LogP contribution in [-0.4, -0.2) is 37.2 Å². The minimum Gasteiger partial charge on any atom is -0.496 e. The third-order valence-electron chi connectivity index (χ3n) is 7.54. The molecule has 0 saturated heterocycles. The second-order valence-electron chi connectivity index (χ2n) is 9.77. The molecule has 1 amide bonds. The second-order valence-corrected chi connectivity index (χ2v) is 9.77. The first-order chi connectivity index (χ1) is 17.7. The number of carbonyl (C=O) groups excluding carboxylic acids is 1. The maximum absolute atomic E-state index is 15.3. The molecule has 0 bridgehead atoms. The number of anilines is 1. The Morgan fingerprint density at radius 3 is 2.62 bits per heavy atom. The molecule has 2 heterocycles. The van der Waals surface area contributed by atoms with Crippen molar-refractivity contribution in [1.82, 2.24) is 0 Å². The van der Waals surface area contributed by atoms with E-state index in [1.807, 2.05) is 39.0 Å². The molecule has 1 N–H and O–H groups in total. The van der Waals surface area contributed by atoms with Crippen LogP contribution in [-0.2, 0) is 24.1 Å². The molecular formula is C30H30FNO5. The highest BCUT2D eigenvalue weighted by atomic mass is 19.1. The molecule has 0 unspecified atom stereocenters. The van der Waals surface area contributed by atoms with Crippen molar-refractivity contribution in [3.8, 4) is 22.6 Å². The summed E-state index contributed by atoms with van der Waals surface area (Å²) in [6.07, 6.45) is 1.84. The number of para-hydroxylation sites is 1. The van der Waals surface area contributed by atoms with Crippen molar-refractivity contribution in [3.05, 3.63) is 75.1 Å². The van der Waals surface area contributed by atoms with Crippen LogP contribution in [0.15, 0.2) is 30.3 Å². The van der Waals surface area contributed by atoms with Gasteiger partial charge in [-0.25, -0.2) is 4.39 Å². The summed E-state index contributed by atoms with van der Waals surface area (Å²) in [5.41, 5.74) is 7.42. The normalized spacial score (nSPS) is 14.1. The van der Waals surface area contributed by atoms with Gasteiger partial charge in [0.05, 0.1) is 25.7 Å². The average molecular weight is 504 g/mol. The number of aryl methyl sites for hydroxylation is 2. The first-order valence-corrected chi connectivity index (χ1v) is 12.5. The van der Waals surface area contributed by atoms with Gasteiger partial charge in [0.1, 0.15) is 5.75 Å². The third-order valence-corrected chi connectivity index (χ3v) is 7.54. The Bertz CT molecular complexity index is 1440. The number of nitrogens with zero attached hydrogens (tertiary/aromatic N) is 1. The largest absolute Gasteiger partial charge is 0.496 e. The SMILES string of the molecule is COc1c(C)cccc1C(=O)N1CCc2c1cc(C)c(CC(=O)O)c2-c1cc(F)c2c(c1C)CCCO2. The van der Waals surface area contributed by atoms with Crippen LogP contribution in [0.3, 0.4) is 0 Å². The van der Waals surface area contributed by atoms with Crippen LogP contribution in [0.2, 0.25) is 0 Å². The van der Waals surface area contributed by atoms with Gasteiger partial charge in [0.25, 0.3) is 5.91 Å². The zero-order valence-corrected chi connectivity index (χ0v) is 21.5. The topological polar surface area (TPSA) is 76.1 Å². The predicted molar refractivity (Wildman–Crippen MR) is 140 cm³/mol. The molecule has 0 spiro atoms. The number of methoxy groups -OCH3 is 1. The van der Waals surface area contributed by atoms with E-state index in [4.69, 9.17) is 9.47 Å². The van der Waals surface area contributed by atoms with Crippen LogP contribution in [0.5, 0.6) is 11.5 Å². The zero-order valence-electron chi connectivity index (χ0n) is 21.5. The van der Waals surface area contributed by atoms with Crippen molar-refractivity contribution in [2.75, 3.05) is 25.2 Å². The summed E-state index contributed by atoms with van der Waals surface area (Å²) in [5, 5.41) is 9.73. The summed E-state index contributed by atoms with van der Waals surface area (Å²) in [4.78, 5) is 27.4. The molecule has 6 nitrogen and oxygen atoms in total. The predicted octanol–water partition coefficient (Wildman–Crippen LogP) is 5.58. The van der Waals surface area contributed by atoms with Crippen LogP contribution in [0.1, 0.15) is 50.2 Å². The smallest absolute Gasteiger partial charge is 0.307 e. The van der Waals surface area contributed by atoms with Crippen molar-refractivity contribution in [3.63, 3.8) is 0 Å². The fourth-order valence-electron chi connectivity index (χ4n) is 5.79. The first-order valence-electron chi connectivity index (χ1n) is 12.5. The molecule has 0 fully saturated rings. The number of carbonyl (C=O) groups is 2. The van der Waals surface area contributed by atoms with E-state index in [1.165, 1.54) is 6.07 Å². The molecule has 3 aromatic rings. The summed E-state index contributed by atoms with van der Waals surface area (Å²) in [5.74, 6) is -0.758. The van der Waals surface area contributed by atoms with Crippen molar-refractivity contribution in [1.29, 1.82) is 0 Å². The van der Waals surface area contributed by atoms with Crippen LogP contribution < -0.4 is 14.4 Å². The summed E-state index contributed by atoms with van der Waals surface area (Å²) >= 11 is 0. The molecule has 7 heteroatoms. The molecule has 192 valence electrons. The summed E-state index contributed by atoms with van der Waals surface area (Å²) in [6, 6.07) is 8.83. The molecule has 0 aromatic heterocycles. The third kappa shape index (κ3) is 4.12. The Balaban J connectivity index is 1.72. The lowest BCUT2D eigenvalue weighted by atomic mass is 9.84. The lowest BCUT2D eigenvalue weighted by Gasteiger charge is -2.25. The van der Waals surface area contributed by atoms with Gasteiger partial charge in [0, 0.05) is 17.8 Å². The van der Waals surface area contributed by atoms with E-state index in [0.717, 1.165) is 39.9 Å². The number of halogens is 1. The lowest BCUT2D eigenvalue weighted by Crippen LogP contribution is -2.29. The first kappa shape index (κ1) is 24.8. The van der Waals surface area contributed by atoms with Gasteiger partial charge in [-0.15, -0.1) is 0 Å². The number of ether oxygens (including phenoxy) is 2. The number of carboxylic acids is 1. The van der Waals surface area contributed by atoms with E-state index < -0.39 is 11.8 Å². The van der Waals surface area contributed by atoms with Gasteiger partial charge in [-0.1, -0.05) is 12.1 Å². The zero-order chi connectivity index (χ0) is 26.4. The maximum Gasteiger partial charge on any atom is 0.307 e. The highest BCUT2D eigenvalue weighted by Crippen LogP contribution is 2.45. The quantitative estimate of drug-likeness (QED) is 0.492. The van der Waals surface area contributed by atoms with Crippen LogP contribution >= 0.6 is 0 Å². The molecule has 3 aromatic carbocycles. The second kappa shape index (κ2) is 9.54. The van der Waals surface area contributed by atoms with Gasteiger partial charge in [-0.2, -0.15) is 0 Å². The van der Waals surface area contributed by atoms with E-state index in [2.05, 4.69) is 0 Å². The Kier molecular flexibility index (Phi) is 6.40. The van der Waals surface area contributed by atoms with Gasteiger partial charge in [0.15, 0.2) is 11.6 Å². The van der Waals surface area contributed by atoms with Gasteiger partial charge in [0.2, 0.25) is 0 Å². The molecule has 2 aliphatic rings. The Morgan fingerprint density at radius 2 is 1.89 bits per heavy atom. The highest BCUT2D eigenvalue weighted by molar-refractivity contribution is 6.10. The van der Waals surface area contributed by atoms with Gasteiger partial charge in [-0.3, -0.25) is 9.59 Å². The number of amides is 1. The number of benzene rings is 3. The van der Waals surface area contributed by atoms with Crippen molar-refractivity contribution in [2.45, 2.75) is 46.5 Å². The van der Waals surface area contributed by atoms with Crippen molar-refractivity contribution in [2.24, 2.45) is 0 Å². The average Bonchev–Trinajstić information content (AvgIpc) is 3.29. The van der Waals surface area contributed by atoms with E-state index in [-0.39, 0.29) is 12.3 Å². The van der Waals surface area contributed by atoms with Crippen LogP contribution in [0.25, 0.3) is 11.1 Å². The summed E-state index contributed by atoms with van der Waals surface area (Å²) < 4.78 is 26.4. The van der Waals surface area contributed by atoms with Gasteiger partial charge in [-0.05, 0) is 97.2 Å². The lowest BCUT2D eigenvalue weighted by molar-refractivity contribution is -0.136. The minimum atomic E-state index is -0.959. The Hall–Kier alpha value is -3.87. The minimum absolute atomic E-state index is 0.183. The summed E-state index contributed by atoms with van der Waals surface area (Å²) in [7, 11) is 1.55. The van der Waals surface area contributed by atoms with Crippen LogP contribution in [0.4, 0.5) is 10.1 Å². The Morgan fingerprint density at radius 1 is 1.11 bits per heavy atom. The van der Waals surface area contributed by atoms with Crippen LogP contribution in [0, 0.1) is 26.6 Å². The molecule has 0 atom stereocenters. The fraction of sp³-hybridized carbons (Fsp3) is 0.333. The molecule has 37 heavy (non-hydrogen) atoms. The maximum atomic E-state index is 15.3. The monoisotopic (exact) mass is 503 g/mol. The molecule has 0 radical (unpaired) electrons. The van der Waals surface area contributed by atoms with Gasteiger partial charge >= 0.3 is 5.97 Å². The number of fused-ring (bicyclic) bond motifs is 2.